The van der Waals surface area contributed by atoms with Crippen molar-refractivity contribution in [2.75, 3.05) is 11.9 Å². The normalized spacial score (nSPS) is 11.0. The Balaban J connectivity index is 1.84. The van der Waals surface area contributed by atoms with Gasteiger partial charge in [-0.25, -0.2) is 9.97 Å². The van der Waals surface area contributed by atoms with Gasteiger partial charge < -0.3 is 10.1 Å². The zero-order valence-corrected chi connectivity index (χ0v) is 17.6. The van der Waals surface area contributed by atoms with Gasteiger partial charge in [0.1, 0.15) is 22.7 Å². The number of nitrogens with one attached hydrogen (secondary N) is 1. The second-order valence-electron chi connectivity index (χ2n) is 6.12. The van der Waals surface area contributed by atoms with Crippen LogP contribution in [0.5, 0.6) is 5.75 Å². The molecule has 0 radical (unpaired) electrons. The van der Waals surface area contributed by atoms with E-state index in [0.29, 0.717) is 28.2 Å². The summed E-state index contributed by atoms with van der Waals surface area (Å²) in [7, 11) is 0. The minimum absolute atomic E-state index is 0.463. The molecule has 1 N–H and O–H groups in total. The predicted octanol–water partition coefficient (Wildman–Crippen LogP) is 7.12. The summed E-state index contributed by atoms with van der Waals surface area (Å²) in [4.78, 5) is 11.0. The molecule has 0 saturated carbocycles. The molecule has 2 heterocycles. The van der Waals surface area contributed by atoms with E-state index in [0.717, 1.165) is 27.1 Å². The second kappa shape index (κ2) is 7.95. The standard InChI is InChI=1S/C21H17Cl2N3OS/c1-3-27-14-9-7-13(8-10-14)17-12(2)28-21-18(17)20(24-11-25-21)26-16-6-4-5-15(22)19(16)23/h4-11H,3H2,1-2H3,(H,24,25,26). The summed E-state index contributed by atoms with van der Waals surface area (Å²) in [6, 6.07) is 13.5. The van der Waals surface area contributed by atoms with Gasteiger partial charge in [-0.2, -0.15) is 0 Å². The predicted molar refractivity (Wildman–Crippen MR) is 119 cm³/mol. The first-order valence-electron chi connectivity index (χ1n) is 8.77. The Morgan fingerprint density at radius 2 is 1.86 bits per heavy atom. The second-order valence-corrected chi connectivity index (χ2v) is 8.11. The molecular weight excluding hydrogens is 413 g/mol. The molecule has 0 bridgehead atoms. The Morgan fingerprint density at radius 3 is 2.61 bits per heavy atom. The van der Waals surface area contributed by atoms with E-state index in [2.05, 4.69) is 34.3 Å². The molecule has 2 aromatic heterocycles. The number of benzene rings is 2. The van der Waals surface area contributed by atoms with Gasteiger partial charge in [-0.3, -0.25) is 0 Å². The van der Waals surface area contributed by atoms with Gasteiger partial charge in [0.05, 0.1) is 27.7 Å². The summed E-state index contributed by atoms with van der Waals surface area (Å²) in [6.45, 7) is 4.71. The van der Waals surface area contributed by atoms with Crippen molar-refractivity contribution in [1.82, 2.24) is 9.97 Å². The van der Waals surface area contributed by atoms with Crippen LogP contribution in [0.2, 0.25) is 10.0 Å². The van der Waals surface area contributed by atoms with Gasteiger partial charge in [0, 0.05) is 10.4 Å². The molecule has 0 amide bonds. The molecule has 0 atom stereocenters. The van der Waals surface area contributed by atoms with Crippen LogP contribution in [0.25, 0.3) is 21.3 Å². The summed E-state index contributed by atoms with van der Waals surface area (Å²) >= 11 is 14.1. The molecule has 0 saturated heterocycles. The zero-order chi connectivity index (χ0) is 19.7. The molecule has 0 aliphatic rings. The third-order valence-corrected chi connectivity index (χ3v) is 6.16. The number of thiophene rings is 1. The summed E-state index contributed by atoms with van der Waals surface area (Å²) in [5.41, 5.74) is 2.89. The molecule has 0 fully saturated rings. The van der Waals surface area contributed by atoms with Gasteiger partial charge in [-0.05, 0) is 43.7 Å². The number of aromatic nitrogens is 2. The van der Waals surface area contributed by atoms with E-state index in [9.17, 15) is 0 Å². The third kappa shape index (κ3) is 3.53. The van der Waals surface area contributed by atoms with Crippen LogP contribution >= 0.6 is 34.5 Å². The molecule has 0 aliphatic heterocycles. The number of nitrogens with zero attached hydrogens (tertiary/aromatic N) is 2. The van der Waals surface area contributed by atoms with Gasteiger partial charge in [0.25, 0.3) is 0 Å². The maximum atomic E-state index is 6.35. The molecule has 4 rings (SSSR count). The lowest BCUT2D eigenvalue weighted by atomic mass is 10.0. The molecule has 0 unspecified atom stereocenters. The molecule has 7 heteroatoms. The van der Waals surface area contributed by atoms with Gasteiger partial charge in [-0.15, -0.1) is 11.3 Å². The van der Waals surface area contributed by atoms with Gasteiger partial charge in [0.2, 0.25) is 0 Å². The molecule has 4 nitrogen and oxygen atoms in total. The Kier molecular flexibility index (Phi) is 5.40. The number of anilines is 2. The molecule has 4 aromatic rings. The quantitative estimate of drug-likeness (QED) is 0.366. The Labute approximate surface area is 177 Å². The summed E-state index contributed by atoms with van der Waals surface area (Å²) in [5.74, 6) is 1.55. The van der Waals surface area contributed by atoms with Crippen LogP contribution < -0.4 is 10.1 Å². The van der Waals surface area contributed by atoms with Gasteiger partial charge in [-0.1, -0.05) is 41.4 Å². The van der Waals surface area contributed by atoms with Crippen molar-refractivity contribution in [3.05, 3.63) is 63.7 Å². The Bertz CT molecular complexity index is 1140. The highest BCUT2D eigenvalue weighted by atomic mass is 35.5. The average Bonchev–Trinajstić information content (AvgIpc) is 3.03. The van der Waals surface area contributed by atoms with Crippen molar-refractivity contribution in [1.29, 1.82) is 0 Å². The van der Waals surface area contributed by atoms with Crippen LogP contribution in [-0.2, 0) is 0 Å². The first kappa shape index (κ1) is 19.0. The average molecular weight is 430 g/mol. The molecule has 28 heavy (non-hydrogen) atoms. The smallest absolute Gasteiger partial charge is 0.143 e. The summed E-state index contributed by atoms with van der Waals surface area (Å²) < 4.78 is 5.56. The van der Waals surface area contributed by atoms with Crippen LogP contribution in [0.4, 0.5) is 11.5 Å². The summed E-state index contributed by atoms with van der Waals surface area (Å²) in [6.07, 6.45) is 1.56. The number of fused-ring (bicyclic) bond motifs is 1. The maximum absolute atomic E-state index is 6.35. The number of halogens is 2. The fourth-order valence-corrected chi connectivity index (χ4v) is 4.46. The number of hydrogen-bond acceptors (Lipinski definition) is 5. The van der Waals surface area contributed by atoms with E-state index in [4.69, 9.17) is 27.9 Å². The fourth-order valence-electron chi connectivity index (χ4n) is 3.10. The maximum Gasteiger partial charge on any atom is 0.143 e. The minimum atomic E-state index is 0.463. The number of ether oxygens (including phenoxy) is 1. The van der Waals surface area contributed by atoms with Crippen molar-refractivity contribution in [2.24, 2.45) is 0 Å². The lowest BCUT2D eigenvalue weighted by Crippen LogP contribution is -1.96. The molecule has 0 spiro atoms. The number of aryl methyl sites for hydroxylation is 1. The molecular formula is C21H17Cl2N3OS. The monoisotopic (exact) mass is 429 g/mol. The van der Waals surface area contributed by atoms with Crippen LogP contribution in [0.3, 0.4) is 0 Å². The third-order valence-electron chi connectivity index (χ3n) is 4.32. The first-order valence-corrected chi connectivity index (χ1v) is 10.3. The lowest BCUT2D eigenvalue weighted by molar-refractivity contribution is 0.340. The highest BCUT2D eigenvalue weighted by molar-refractivity contribution is 7.19. The van der Waals surface area contributed by atoms with Crippen molar-refractivity contribution >= 4 is 56.3 Å². The molecule has 2 aromatic carbocycles. The fraction of sp³-hybridized carbons (Fsp3) is 0.143. The highest BCUT2D eigenvalue weighted by Crippen LogP contribution is 2.42. The van der Waals surface area contributed by atoms with Crippen molar-refractivity contribution in [2.45, 2.75) is 13.8 Å². The Morgan fingerprint density at radius 1 is 1.07 bits per heavy atom. The number of rotatable bonds is 5. The van der Waals surface area contributed by atoms with E-state index in [1.807, 2.05) is 31.2 Å². The van der Waals surface area contributed by atoms with E-state index < -0.39 is 0 Å². The van der Waals surface area contributed by atoms with E-state index in [1.54, 1.807) is 23.7 Å². The van der Waals surface area contributed by atoms with Crippen LogP contribution in [0.15, 0.2) is 48.8 Å². The van der Waals surface area contributed by atoms with Crippen molar-refractivity contribution in [3.63, 3.8) is 0 Å². The SMILES string of the molecule is CCOc1ccc(-c2c(C)sc3ncnc(Nc4cccc(Cl)c4Cl)c23)cc1. The van der Waals surface area contributed by atoms with E-state index in [1.165, 1.54) is 4.88 Å². The van der Waals surface area contributed by atoms with Gasteiger partial charge >= 0.3 is 0 Å². The van der Waals surface area contributed by atoms with E-state index in [-0.39, 0.29) is 0 Å². The van der Waals surface area contributed by atoms with Crippen LogP contribution in [-0.4, -0.2) is 16.6 Å². The lowest BCUT2D eigenvalue weighted by Gasteiger charge is -2.11. The highest BCUT2D eigenvalue weighted by Gasteiger charge is 2.18. The van der Waals surface area contributed by atoms with Crippen molar-refractivity contribution < 1.29 is 4.74 Å². The minimum Gasteiger partial charge on any atom is -0.494 e. The summed E-state index contributed by atoms with van der Waals surface area (Å²) in [5, 5.41) is 5.24. The Hall–Kier alpha value is -2.34. The van der Waals surface area contributed by atoms with Crippen LogP contribution in [0.1, 0.15) is 11.8 Å². The number of hydrogen-bond donors (Lipinski definition) is 1. The topological polar surface area (TPSA) is 47.0 Å². The first-order chi connectivity index (χ1) is 13.6. The molecule has 0 aliphatic carbocycles. The van der Waals surface area contributed by atoms with Crippen molar-refractivity contribution in [3.8, 4) is 16.9 Å². The van der Waals surface area contributed by atoms with E-state index >= 15 is 0 Å². The largest absolute Gasteiger partial charge is 0.494 e. The van der Waals surface area contributed by atoms with Crippen LogP contribution in [0, 0.1) is 6.92 Å². The molecule has 142 valence electrons. The zero-order valence-electron chi connectivity index (χ0n) is 15.3. The van der Waals surface area contributed by atoms with Gasteiger partial charge in [0.15, 0.2) is 0 Å².